The number of aliphatic imine (C=N–C) groups is 1. The fraction of sp³-hybridized carbons (Fsp3) is 0.389. The highest BCUT2D eigenvalue weighted by atomic mass is 16.5. The van der Waals surface area contributed by atoms with Crippen molar-refractivity contribution < 1.29 is 19.1 Å². The number of benzene rings is 1. The summed E-state index contributed by atoms with van der Waals surface area (Å²) >= 11 is 0. The van der Waals surface area contributed by atoms with Gasteiger partial charge in [0.05, 0.1) is 19.9 Å². The number of para-hydroxylation sites is 1. The van der Waals surface area contributed by atoms with Gasteiger partial charge in [0.15, 0.2) is 5.41 Å². The van der Waals surface area contributed by atoms with E-state index in [1.54, 1.807) is 0 Å². The fourth-order valence-corrected chi connectivity index (χ4v) is 3.74. The van der Waals surface area contributed by atoms with Crippen molar-refractivity contribution in [2.45, 2.75) is 24.7 Å². The first kappa shape index (κ1) is 15.5. The van der Waals surface area contributed by atoms with Crippen LogP contribution in [-0.4, -0.2) is 32.4 Å². The van der Waals surface area contributed by atoms with E-state index in [4.69, 9.17) is 9.47 Å². The summed E-state index contributed by atoms with van der Waals surface area (Å²) in [4.78, 5) is 29.2. The molecule has 0 saturated heterocycles. The standard InChI is InChI=1S/C18H19NO4/c1-12-10-17(11-19-14-7-5-4-6-13(14)17)8-9-18(12,15(20)22-2)16(21)23-3/h4-7,11H,1,8-10H2,2-3H3. The van der Waals surface area contributed by atoms with Crippen molar-refractivity contribution in [2.75, 3.05) is 14.2 Å². The van der Waals surface area contributed by atoms with Crippen molar-refractivity contribution in [3.05, 3.63) is 42.0 Å². The van der Waals surface area contributed by atoms with E-state index in [0.29, 0.717) is 24.8 Å². The van der Waals surface area contributed by atoms with Crippen molar-refractivity contribution >= 4 is 23.8 Å². The minimum Gasteiger partial charge on any atom is -0.468 e. The van der Waals surface area contributed by atoms with Crippen molar-refractivity contribution in [3.63, 3.8) is 0 Å². The summed E-state index contributed by atoms with van der Waals surface area (Å²) in [7, 11) is 2.55. The molecule has 1 aromatic carbocycles. The second-order valence-electron chi connectivity index (χ2n) is 6.10. The van der Waals surface area contributed by atoms with Gasteiger partial charge in [0.25, 0.3) is 0 Å². The molecule has 23 heavy (non-hydrogen) atoms. The molecular weight excluding hydrogens is 294 g/mol. The van der Waals surface area contributed by atoms with Gasteiger partial charge in [0, 0.05) is 11.6 Å². The number of ether oxygens (including phenoxy) is 2. The molecule has 1 spiro atoms. The maximum Gasteiger partial charge on any atom is 0.327 e. The van der Waals surface area contributed by atoms with Crippen LogP contribution in [0.4, 0.5) is 5.69 Å². The molecule has 1 aliphatic carbocycles. The highest BCUT2D eigenvalue weighted by Gasteiger charge is 2.57. The van der Waals surface area contributed by atoms with Crippen molar-refractivity contribution in [1.29, 1.82) is 0 Å². The van der Waals surface area contributed by atoms with Crippen LogP contribution in [0.5, 0.6) is 0 Å². The van der Waals surface area contributed by atoms with Crippen LogP contribution in [0.2, 0.25) is 0 Å². The van der Waals surface area contributed by atoms with Gasteiger partial charge >= 0.3 is 11.9 Å². The molecule has 0 radical (unpaired) electrons. The predicted molar refractivity (Wildman–Crippen MR) is 85.7 cm³/mol. The smallest absolute Gasteiger partial charge is 0.327 e. The quantitative estimate of drug-likeness (QED) is 0.478. The number of hydrogen-bond acceptors (Lipinski definition) is 5. The van der Waals surface area contributed by atoms with Crippen molar-refractivity contribution in [1.82, 2.24) is 0 Å². The zero-order chi connectivity index (χ0) is 16.7. The Labute approximate surface area is 135 Å². The van der Waals surface area contributed by atoms with E-state index in [-0.39, 0.29) is 5.41 Å². The van der Waals surface area contributed by atoms with E-state index in [1.165, 1.54) is 14.2 Å². The van der Waals surface area contributed by atoms with E-state index in [1.807, 2.05) is 30.5 Å². The summed E-state index contributed by atoms with van der Waals surface area (Å²) in [5.41, 5.74) is 0.846. The summed E-state index contributed by atoms with van der Waals surface area (Å²) in [6.45, 7) is 4.03. The van der Waals surface area contributed by atoms with Crippen LogP contribution in [0.15, 0.2) is 41.4 Å². The molecule has 0 amide bonds. The molecule has 0 N–H and O–H groups in total. The monoisotopic (exact) mass is 313 g/mol. The molecule has 1 saturated carbocycles. The lowest BCUT2D eigenvalue weighted by Gasteiger charge is -2.42. The van der Waals surface area contributed by atoms with Gasteiger partial charge in [-0.25, -0.2) is 0 Å². The summed E-state index contributed by atoms with van der Waals surface area (Å²) in [6.07, 6.45) is 3.29. The summed E-state index contributed by atoms with van der Waals surface area (Å²) in [5.74, 6) is -1.21. The lowest BCUT2D eigenvalue weighted by molar-refractivity contribution is -0.167. The van der Waals surface area contributed by atoms with E-state index >= 15 is 0 Å². The Kier molecular flexibility index (Phi) is 3.59. The van der Waals surface area contributed by atoms with Gasteiger partial charge in [-0.2, -0.15) is 0 Å². The predicted octanol–water partition coefficient (Wildman–Crippen LogP) is 2.71. The molecule has 120 valence electrons. The second kappa shape index (κ2) is 5.33. The second-order valence-corrected chi connectivity index (χ2v) is 6.10. The number of methoxy groups -OCH3 is 2. The Balaban J connectivity index is 2.00. The van der Waals surface area contributed by atoms with Gasteiger partial charge in [0.2, 0.25) is 0 Å². The Morgan fingerprint density at radius 1 is 1.13 bits per heavy atom. The third-order valence-electron chi connectivity index (χ3n) is 5.04. The van der Waals surface area contributed by atoms with Crippen molar-refractivity contribution in [3.8, 4) is 0 Å². The molecule has 1 unspecified atom stereocenters. The average Bonchev–Trinajstić information content (AvgIpc) is 2.93. The lowest BCUT2D eigenvalue weighted by Crippen LogP contribution is -2.49. The van der Waals surface area contributed by atoms with Crippen LogP contribution in [0.25, 0.3) is 0 Å². The number of fused-ring (bicyclic) bond motifs is 2. The Morgan fingerprint density at radius 3 is 2.39 bits per heavy atom. The largest absolute Gasteiger partial charge is 0.468 e. The summed E-state index contributed by atoms with van der Waals surface area (Å²) < 4.78 is 9.75. The van der Waals surface area contributed by atoms with Crippen LogP contribution in [0.3, 0.4) is 0 Å². The van der Waals surface area contributed by atoms with Crippen LogP contribution in [-0.2, 0) is 24.5 Å². The average molecular weight is 313 g/mol. The van der Waals surface area contributed by atoms with Gasteiger partial charge in [-0.3, -0.25) is 14.6 Å². The highest BCUT2D eigenvalue weighted by Crippen LogP contribution is 2.53. The van der Waals surface area contributed by atoms with Crippen LogP contribution in [0, 0.1) is 5.41 Å². The number of hydrogen-bond donors (Lipinski definition) is 0. The minimum atomic E-state index is -1.42. The first-order chi connectivity index (χ1) is 11.0. The van der Waals surface area contributed by atoms with E-state index in [0.717, 1.165) is 11.3 Å². The molecule has 1 fully saturated rings. The van der Waals surface area contributed by atoms with Gasteiger partial charge < -0.3 is 9.47 Å². The summed E-state index contributed by atoms with van der Waals surface area (Å²) in [6, 6.07) is 7.92. The third-order valence-corrected chi connectivity index (χ3v) is 5.04. The van der Waals surface area contributed by atoms with Crippen molar-refractivity contribution in [2.24, 2.45) is 10.4 Å². The Hall–Kier alpha value is -2.43. The molecule has 2 aliphatic rings. The number of carbonyl (C=O) groups is 2. The van der Waals surface area contributed by atoms with Gasteiger partial charge in [-0.1, -0.05) is 24.8 Å². The molecule has 1 aliphatic heterocycles. The normalized spacial score (nSPS) is 24.3. The van der Waals surface area contributed by atoms with Crippen LogP contribution < -0.4 is 0 Å². The maximum absolute atomic E-state index is 12.3. The minimum absolute atomic E-state index is 0.297. The van der Waals surface area contributed by atoms with E-state index in [2.05, 4.69) is 11.6 Å². The SMILES string of the molecule is C=C1CC2(C=Nc3ccccc32)CCC1(C(=O)OC)C(=O)OC. The van der Waals surface area contributed by atoms with Crippen LogP contribution >= 0.6 is 0 Å². The van der Waals surface area contributed by atoms with Crippen LogP contribution in [0.1, 0.15) is 24.8 Å². The Bertz CT molecular complexity index is 705. The fourth-order valence-electron chi connectivity index (χ4n) is 3.74. The van der Waals surface area contributed by atoms with Gasteiger partial charge in [-0.15, -0.1) is 0 Å². The molecule has 5 heteroatoms. The molecule has 3 rings (SSSR count). The van der Waals surface area contributed by atoms with Gasteiger partial charge in [0.1, 0.15) is 0 Å². The number of esters is 2. The molecule has 1 heterocycles. The molecule has 5 nitrogen and oxygen atoms in total. The molecule has 1 aromatic rings. The molecule has 1 atom stereocenters. The third kappa shape index (κ3) is 2.03. The Morgan fingerprint density at radius 2 is 1.78 bits per heavy atom. The maximum atomic E-state index is 12.3. The number of nitrogens with zero attached hydrogens (tertiary/aromatic N) is 1. The van der Waals surface area contributed by atoms with E-state index in [9.17, 15) is 9.59 Å². The zero-order valence-corrected chi connectivity index (χ0v) is 13.3. The first-order valence-corrected chi connectivity index (χ1v) is 7.50. The number of carbonyl (C=O) groups excluding carboxylic acids is 2. The molecule has 0 aromatic heterocycles. The zero-order valence-electron chi connectivity index (χ0n) is 13.3. The molecular formula is C18H19NO4. The first-order valence-electron chi connectivity index (χ1n) is 7.50. The van der Waals surface area contributed by atoms with E-state index < -0.39 is 17.4 Å². The highest BCUT2D eigenvalue weighted by molar-refractivity contribution is 6.04. The summed E-state index contributed by atoms with van der Waals surface area (Å²) in [5, 5.41) is 0. The lowest BCUT2D eigenvalue weighted by atomic mass is 9.59. The topological polar surface area (TPSA) is 65.0 Å². The number of rotatable bonds is 2. The van der Waals surface area contributed by atoms with Gasteiger partial charge in [-0.05, 0) is 36.5 Å². The molecule has 0 bridgehead atoms.